The van der Waals surface area contributed by atoms with Crippen LogP contribution < -0.4 is 9.47 Å². The van der Waals surface area contributed by atoms with Crippen molar-refractivity contribution in [1.29, 1.82) is 0 Å². The first-order chi connectivity index (χ1) is 13.1. The summed E-state index contributed by atoms with van der Waals surface area (Å²) in [6.45, 7) is 7.22. The maximum absolute atomic E-state index is 12.2. The average molecular weight is 369 g/mol. The number of carbonyl (C=O) groups excluding carboxylic acids is 1. The number of ether oxygens (including phenoxy) is 2. The predicted molar refractivity (Wildman–Crippen MR) is 111 cm³/mol. The largest absolute Gasteiger partial charge is 0.494 e. The van der Waals surface area contributed by atoms with Crippen LogP contribution in [-0.4, -0.2) is 12.6 Å². The lowest BCUT2D eigenvalue weighted by molar-refractivity contribution is 0.0734. The summed E-state index contributed by atoms with van der Waals surface area (Å²) in [6.07, 6.45) is 7.48. The molecule has 2 rings (SSSR count). The first-order valence-corrected chi connectivity index (χ1v) is 10.1. The van der Waals surface area contributed by atoms with Crippen LogP contribution in [0.4, 0.5) is 0 Å². The van der Waals surface area contributed by atoms with Gasteiger partial charge in [0.15, 0.2) is 0 Å². The van der Waals surface area contributed by atoms with Crippen molar-refractivity contribution in [2.75, 3.05) is 6.61 Å². The zero-order chi connectivity index (χ0) is 19.5. The van der Waals surface area contributed by atoms with E-state index < -0.39 is 0 Å². The zero-order valence-electron chi connectivity index (χ0n) is 16.9. The summed E-state index contributed by atoms with van der Waals surface area (Å²) in [4.78, 5) is 12.2. The fourth-order valence-corrected chi connectivity index (χ4v) is 2.85. The number of hydrogen-bond acceptors (Lipinski definition) is 3. The van der Waals surface area contributed by atoms with Crippen LogP contribution in [0.5, 0.6) is 11.5 Å². The van der Waals surface area contributed by atoms with E-state index in [1.807, 2.05) is 36.4 Å². The topological polar surface area (TPSA) is 35.5 Å². The minimum Gasteiger partial charge on any atom is -0.494 e. The van der Waals surface area contributed by atoms with Crippen molar-refractivity contribution < 1.29 is 14.3 Å². The molecule has 3 nitrogen and oxygen atoms in total. The molecular weight excluding hydrogens is 336 g/mol. The van der Waals surface area contributed by atoms with Crippen molar-refractivity contribution in [3.63, 3.8) is 0 Å². The molecule has 0 amide bonds. The van der Waals surface area contributed by atoms with E-state index in [1.54, 1.807) is 12.1 Å². The molecule has 0 radical (unpaired) electrons. The summed E-state index contributed by atoms with van der Waals surface area (Å²) in [7, 11) is 0. The van der Waals surface area contributed by atoms with Gasteiger partial charge in [-0.25, -0.2) is 4.79 Å². The van der Waals surface area contributed by atoms with E-state index in [0.29, 0.717) is 17.2 Å². The molecule has 3 heteroatoms. The van der Waals surface area contributed by atoms with E-state index in [-0.39, 0.29) is 5.97 Å². The normalized spacial score (nSPS) is 10.8. The molecule has 0 atom stereocenters. The Bertz CT molecular complexity index is 672. The van der Waals surface area contributed by atoms with Gasteiger partial charge in [0.1, 0.15) is 11.5 Å². The van der Waals surface area contributed by atoms with Crippen molar-refractivity contribution in [3.8, 4) is 11.5 Å². The number of unbranched alkanes of at least 4 members (excludes halogenated alkanes) is 5. The van der Waals surface area contributed by atoms with E-state index in [0.717, 1.165) is 18.8 Å². The van der Waals surface area contributed by atoms with E-state index >= 15 is 0 Å². The van der Waals surface area contributed by atoms with E-state index in [4.69, 9.17) is 9.47 Å². The van der Waals surface area contributed by atoms with Crippen LogP contribution in [0.3, 0.4) is 0 Å². The highest BCUT2D eigenvalue weighted by Crippen LogP contribution is 2.20. The lowest BCUT2D eigenvalue weighted by Gasteiger charge is -2.09. The molecule has 0 aromatic heterocycles. The van der Waals surface area contributed by atoms with Gasteiger partial charge in [0, 0.05) is 0 Å². The SMILES string of the molecule is CCCCCCCCOc1ccc(OC(=O)c2ccc(C(C)C)cc2)cc1. The Morgan fingerprint density at radius 2 is 1.41 bits per heavy atom. The number of carbonyl (C=O) groups is 1. The van der Waals surface area contributed by atoms with E-state index in [2.05, 4.69) is 20.8 Å². The number of hydrogen-bond donors (Lipinski definition) is 0. The van der Waals surface area contributed by atoms with Gasteiger partial charge in [-0.15, -0.1) is 0 Å². The summed E-state index contributed by atoms with van der Waals surface area (Å²) >= 11 is 0. The Labute approximate surface area is 163 Å². The Hall–Kier alpha value is -2.29. The second kappa shape index (κ2) is 11.4. The Kier molecular flexibility index (Phi) is 8.90. The summed E-state index contributed by atoms with van der Waals surface area (Å²) in [6, 6.07) is 14.8. The highest BCUT2D eigenvalue weighted by molar-refractivity contribution is 5.91. The zero-order valence-corrected chi connectivity index (χ0v) is 16.9. The summed E-state index contributed by atoms with van der Waals surface area (Å²) in [5, 5.41) is 0. The lowest BCUT2D eigenvalue weighted by Crippen LogP contribution is -2.08. The second-order valence-corrected chi connectivity index (χ2v) is 7.25. The minimum atomic E-state index is -0.342. The fourth-order valence-electron chi connectivity index (χ4n) is 2.85. The quantitative estimate of drug-likeness (QED) is 0.249. The van der Waals surface area contributed by atoms with Gasteiger partial charge in [0.2, 0.25) is 0 Å². The van der Waals surface area contributed by atoms with Crippen molar-refractivity contribution in [3.05, 3.63) is 59.7 Å². The van der Waals surface area contributed by atoms with Gasteiger partial charge in [-0.1, -0.05) is 65.0 Å². The number of esters is 1. The molecule has 0 saturated heterocycles. The molecule has 2 aromatic carbocycles. The summed E-state index contributed by atoms with van der Waals surface area (Å²) in [5.74, 6) is 1.44. The molecule has 146 valence electrons. The summed E-state index contributed by atoms with van der Waals surface area (Å²) in [5.41, 5.74) is 1.77. The molecule has 2 aromatic rings. The third kappa shape index (κ3) is 7.46. The molecule has 0 saturated carbocycles. The number of benzene rings is 2. The Morgan fingerprint density at radius 1 is 0.815 bits per heavy atom. The Balaban J connectivity index is 1.75. The molecule has 0 unspecified atom stereocenters. The van der Waals surface area contributed by atoms with Crippen LogP contribution in [0.1, 0.15) is 81.1 Å². The van der Waals surface area contributed by atoms with Gasteiger partial charge >= 0.3 is 5.97 Å². The first kappa shape index (κ1) is 21.0. The molecule has 27 heavy (non-hydrogen) atoms. The second-order valence-electron chi connectivity index (χ2n) is 7.25. The van der Waals surface area contributed by atoms with Crippen LogP contribution in [0.15, 0.2) is 48.5 Å². The molecule has 0 fully saturated rings. The smallest absolute Gasteiger partial charge is 0.343 e. The van der Waals surface area contributed by atoms with Gasteiger partial charge in [0.05, 0.1) is 12.2 Å². The van der Waals surface area contributed by atoms with Crippen molar-refractivity contribution in [2.24, 2.45) is 0 Å². The van der Waals surface area contributed by atoms with Crippen LogP contribution in [-0.2, 0) is 0 Å². The Morgan fingerprint density at radius 3 is 2.04 bits per heavy atom. The van der Waals surface area contributed by atoms with Crippen LogP contribution in [0.25, 0.3) is 0 Å². The highest BCUT2D eigenvalue weighted by Gasteiger charge is 2.09. The van der Waals surface area contributed by atoms with Gasteiger partial charge in [-0.3, -0.25) is 0 Å². The molecule has 0 aliphatic heterocycles. The van der Waals surface area contributed by atoms with Gasteiger partial charge in [0.25, 0.3) is 0 Å². The molecule has 0 bridgehead atoms. The lowest BCUT2D eigenvalue weighted by atomic mass is 10.0. The first-order valence-electron chi connectivity index (χ1n) is 10.1. The third-order valence-electron chi connectivity index (χ3n) is 4.61. The number of rotatable bonds is 11. The molecular formula is C24H32O3. The maximum atomic E-state index is 12.2. The predicted octanol–water partition coefficient (Wildman–Crippen LogP) is 6.77. The fraction of sp³-hybridized carbons (Fsp3) is 0.458. The van der Waals surface area contributed by atoms with Gasteiger partial charge < -0.3 is 9.47 Å². The summed E-state index contributed by atoms with van der Waals surface area (Å²) < 4.78 is 11.2. The highest BCUT2D eigenvalue weighted by atomic mass is 16.5. The standard InChI is InChI=1S/C24H32O3/c1-4-5-6-7-8-9-18-26-22-14-16-23(17-15-22)27-24(25)21-12-10-20(11-13-21)19(2)3/h10-17,19H,4-9,18H2,1-3H3. The van der Waals surface area contributed by atoms with Crippen LogP contribution in [0, 0.1) is 0 Å². The monoisotopic (exact) mass is 368 g/mol. The van der Waals surface area contributed by atoms with E-state index in [9.17, 15) is 4.79 Å². The maximum Gasteiger partial charge on any atom is 0.343 e. The van der Waals surface area contributed by atoms with Crippen molar-refractivity contribution in [2.45, 2.75) is 65.2 Å². The van der Waals surface area contributed by atoms with Crippen molar-refractivity contribution in [1.82, 2.24) is 0 Å². The van der Waals surface area contributed by atoms with Crippen molar-refractivity contribution >= 4 is 5.97 Å². The average Bonchev–Trinajstić information content (AvgIpc) is 2.68. The van der Waals surface area contributed by atoms with E-state index in [1.165, 1.54) is 37.7 Å². The van der Waals surface area contributed by atoms with Gasteiger partial charge in [-0.05, 0) is 54.3 Å². The molecule has 0 heterocycles. The molecule has 0 N–H and O–H groups in total. The van der Waals surface area contributed by atoms with Crippen LogP contribution >= 0.6 is 0 Å². The molecule has 0 spiro atoms. The van der Waals surface area contributed by atoms with Gasteiger partial charge in [-0.2, -0.15) is 0 Å². The minimum absolute atomic E-state index is 0.342. The third-order valence-corrected chi connectivity index (χ3v) is 4.61. The molecule has 0 aliphatic rings. The molecule has 0 aliphatic carbocycles. The van der Waals surface area contributed by atoms with Crippen LogP contribution in [0.2, 0.25) is 0 Å².